The molecule has 4 heterocycles. The van der Waals surface area contributed by atoms with Crippen molar-refractivity contribution in [1.29, 1.82) is 0 Å². The van der Waals surface area contributed by atoms with E-state index in [0.717, 1.165) is 61.9 Å². The van der Waals surface area contributed by atoms with Gasteiger partial charge < -0.3 is 29.1 Å². The van der Waals surface area contributed by atoms with Crippen molar-refractivity contribution in [3.05, 3.63) is 120 Å². The number of nitrogens with zero attached hydrogens (tertiary/aromatic N) is 2. The van der Waals surface area contributed by atoms with Crippen molar-refractivity contribution in [2.24, 2.45) is 4.99 Å². The van der Waals surface area contributed by atoms with E-state index in [-0.39, 0.29) is 17.9 Å². The molecule has 0 bridgehead atoms. The summed E-state index contributed by atoms with van der Waals surface area (Å²) in [5.41, 5.74) is 7.17. The fourth-order valence-electron chi connectivity index (χ4n) is 7.53. The van der Waals surface area contributed by atoms with Crippen molar-refractivity contribution < 1.29 is 19.0 Å². The summed E-state index contributed by atoms with van der Waals surface area (Å²) in [7, 11) is 1.61. The summed E-state index contributed by atoms with van der Waals surface area (Å²) in [6.45, 7) is 1.98. The molecule has 0 radical (unpaired) electrons. The van der Waals surface area contributed by atoms with Crippen LogP contribution >= 0.6 is 0 Å². The number of fused-ring (bicyclic) bond motifs is 4. The third kappa shape index (κ3) is 6.22. The molecular weight excluding hydrogens is 624 g/mol. The number of benzene rings is 4. The number of aromatic amines is 2. The molecule has 1 atom stereocenters. The molecule has 0 spiro atoms. The van der Waals surface area contributed by atoms with Crippen molar-refractivity contribution >= 4 is 39.6 Å². The minimum Gasteiger partial charge on any atom is -0.494 e. The number of unbranched alkanes of at least 4 members (excludes halogenated alkanes) is 3. The van der Waals surface area contributed by atoms with E-state index in [0.29, 0.717) is 36.0 Å². The number of aliphatic imine (C=N–C) groups is 1. The van der Waals surface area contributed by atoms with Crippen molar-refractivity contribution in [2.45, 2.75) is 50.5 Å². The van der Waals surface area contributed by atoms with Crippen molar-refractivity contribution in [3.63, 3.8) is 0 Å². The van der Waals surface area contributed by atoms with Crippen LogP contribution in [-0.2, 0) is 0 Å². The predicted octanol–water partition coefficient (Wildman–Crippen LogP) is 9.18. The molecule has 2 aliphatic heterocycles. The first-order valence-electron chi connectivity index (χ1n) is 17.7. The number of hydrogen-bond donors (Lipinski definition) is 2. The Balaban J connectivity index is 0.874. The fraction of sp³-hybridized carbons (Fsp3) is 0.286. The lowest BCUT2D eigenvalue weighted by molar-refractivity contribution is 0.0774. The van der Waals surface area contributed by atoms with Crippen LogP contribution in [0, 0.1) is 0 Å². The van der Waals surface area contributed by atoms with Crippen molar-refractivity contribution in [3.8, 4) is 17.2 Å². The smallest absolute Gasteiger partial charge is 0.256 e. The number of para-hydroxylation sites is 2. The molecule has 0 aliphatic carbocycles. The van der Waals surface area contributed by atoms with Crippen LogP contribution in [0.15, 0.2) is 102 Å². The highest BCUT2D eigenvalue weighted by atomic mass is 16.5. The Morgan fingerprint density at radius 1 is 0.800 bits per heavy atom. The first-order valence-corrected chi connectivity index (χ1v) is 17.7. The van der Waals surface area contributed by atoms with Gasteiger partial charge in [-0.15, -0.1) is 0 Å². The number of nitrogens with one attached hydrogen (secondary N) is 2. The Morgan fingerprint density at radius 3 is 2.22 bits per heavy atom. The Labute approximate surface area is 292 Å². The summed E-state index contributed by atoms with van der Waals surface area (Å²) < 4.78 is 18.0. The molecule has 8 nitrogen and oxygen atoms in total. The molecule has 0 saturated carbocycles. The largest absolute Gasteiger partial charge is 0.494 e. The van der Waals surface area contributed by atoms with Crippen LogP contribution in [0.1, 0.15) is 71.5 Å². The van der Waals surface area contributed by atoms with E-state index in [2.05, 4.69) is 94.1 Å². The van der Waals surface area contributed by atoms with Crippen LogP contribution in [0.2, 0.25) is 0 Å². The first kappa shape index (κ1) is 31.7. The lowest BCUT2D eigenvalue weighted by atomic mass is 9.84. The van der Waals surface area contributed by atoms with E-state index in [1.165, 1.54) is 27.5 Å². The van der Waals surface area contributed by atoms with Crippen LogP contribution in [0.5, 0.6) is 17.2 Å². The highest BCUT2D eigenvalue weighted by Gasteiger charge is 2.32. The molecule has 8 heteroatoms. The van der Waals surface area contributed by atoms with Gasteiger partial charge in [0.15, 0.2) is 11.5 Å². The average molecular weight is 667 g/mol. The van der Waals surface area contributed by atoms with E-state index in [1.807, 2.05) is 23.2 Å². The molecule has 8 rings (SSSR count). The number of aromatic nitrogens is 2. The summed E-state index contributed by atoms with van der Waals surface area (Å²) in [5.74, 6) is 2.13. The Hall–Kier alpha value is -5.50. The SMILES string of the molecule is COc1cc2c(cc1OCCCCCCOc1cccc(C(c3c[nH]c4ccccc34)c3c[nH]c4ccccc34)c1)N=C[C@@H]1CCCN1C2=O. The topological polar surface area (TPSA) is 91.9 Å². The Bertz CT molecular complexity index is 2090. The minimum atomic E-state index is 0.0159. The summed E-state index contributed by atoms with van der Waals surface area (Å²) in [4.78, 5) is 26.7. The quantitative estimate of drug-likeness (QED) is 0.120. The summed E-state index contributed by atoms with van der Waals surface area (Å²) in [5, 5.41) is 2.45. The van der Waals surface area contributed by atoms with Gasteiger partial charge in [-0.2, -0.15) is 0 Å². The van der Waals surface area contributed by atoms with Gasteiger partial charge in [-0.25, -0.2) is 0 Å². The zero-order valence-electron chi connectivity index (χ0n) is 28.4. The number of hydrogen-bond acceptors (Lipinski definition) is 5. The molecule has 2 N–H and O–H groups in total. The van der Waals surface area contributed by atoms with Crippen LogP contribution in [-0.4, -0.2) is 59.9 Å². The maximum absolute atomic E-state index is 13.1. The van der Waals surface area contributed by atoms with Gasteiger partial charge >= 0.3 is 0 Å². The second-order valence-electron chi connectivity index (χ2n) is 13.2. The number of carbonyl (C=O) groups is 1. The fourth-order valence-corrected chi connectivity index (χ4v) is 7.53. The monoisotopic (exact) mass is 666 g/mol. The van der Waals surface area contributed by atoms with Gasteiger partial charge in [0.05, 0.1) is 37.6 Å². The lowest BCUT2D eigenvalue weighted by Crippen LogP contribution is -2.35. The highest BCUT2D eigenvalue weighted by Crippen LogP contribution is 2.41. The molecule has 1 fully saturated rings. The Kier molecular flexibility index (Phi) is 8.99. The number of methoxy groups -OCH3 is 1. The molecule has 4 aromatic carbocycles. The van der Waals surface area contributed by atoms with E-state index < -0.39 is 0 Å². The maximum atomic E-state index is 13.1. The maximum Gasteiger partial charge on any atom is 0.256 e. The van der Waals surface area contributed by atoms with E-state index >= 15 is 0 Å². The molecule has 1 saturated heterocycles. The number of H-pyrrole nitrogens is 2. The van der Waals surface area contributed by atoms with E-state index in [9.17, 15) is 4.79 Å². The van der Waals surface area contributed by atoms with Crippen LogP contribution in [0.4, 0.5) is 5.69 Å². The third-order valence-corrected chi connectivity index (χ3v) is 10.1. The third-order valence-electron chi connectivity index (χ3n) is 10.1. The number of ether oxygens (including phenoxy) is 3. The molecular formula is C42H42N4O4. The summed E-state index contributed by atoms with van der Waals surface area (Å²) in [6.07, 6.45) is 12.1. The molecule has 0 unspecified atom stereocenters. The summed E-state index contributed by atoms with van der Waals surface area (Å²) >= 11 is 0. The average Bonchev–Trinajstić information content (AvgIpc) is 3.90. The van der Waals surface area contributed by atoms with Crippen molar-refractivity contribution in [2.75, 3.05) is 26.9 Å². The minimum absolute atomic E-state index is 0.0159. The Morgan fingerprint density at radius 2 is 1.50 bits per heavy atom. The molecule has 1 amide bonds. The first-order chi connectivity index (χ1) is 24.7. The molecule has 50 heavy (non-hydrogen) atoms. The highest BCUT2D eigenvalue weighted by molar-refractivity contribution is 6.03. The zero-order chi connectivity index (χ0) is 33.9. The van der Waals surface area contributed by atoms with Gasteiger partial charge in [0.1, 0.15) is 5.75 Å². The van der Waals surface area contributed by atoms with Gasteiger partial charge in [-0.1, -0.05) is 48.5 Å². The number of rotatable bonds is 13. The normalized spacial score (nSPS) is 15.4. The molecule has 2 aliphatic rings. The van der Waals surface area contributed by atoms with E-state index in [4.69, 9.17) is 14.2 Å². The molecule has 6 aromatic rings. The zero-order valence-corrected chi connectivity index (χ0v) is 28.4. The summed E-state index contributed by atoms with van der Waals surface area (Å²) in [6, 6.07) is 29.2. The van der Waals surface area contributed by atoms with Crippen LogP contribution < -0.4 is 14.2 Å². The molecule has 254 valence electrons. The molecule has 2 aromatic heterocycles. The van der Waals surface area contributed by atoms with Gasteiger partial charge in [0.25, 0.3) is 5.91 Å². The van der Waals surface area contributed by atoms with Crippen LogP contribution in [0.3, 0.4) is 0 Å². The predicted molar refractivity (Wildman–Crippen MR) is 199 cm³/mol. The van der Waals surface area contributed by atoms with Crippen molar-refractivity contribution in [1.82, 2.24) is 14.9 Å². The standard InChI is InChI=1S/C42H42N4O4/c1-48-39-23-33-38(43-25-29-13-11-19-46(29)42(33)47)24-40(39)50-21-9-3-2-8-20-49-30-14-10-12-28(22-30)41(34-26-44-36-17-6-4-15-31(34)36)35-27-45-37-18-7-5-16-32(35)37/h4-7,10,12,14-18,22-27,29,41,44-45H,2-3,8-9,11,13,19-21H2,1H3/t29-/m0/s1. The number of carbonyl (C=O) groups excluding carboxylic acids is 1. The van der Waals surface area contributed by atoms with Gasteiger partial charge in [-0.05, 0) is 85.5 Å². The van der Waals surface area contributed by atoms with Gasteiger partial charge in [-0.3, -0.25) is 9.79 Å². The second-order valence-corrected chi connectivity index (χ2v) is 13.2. The van der Waals surface area contributed by atoms with Crippen LogP contribution in [0.25, 0.3) is 21.8 Å². The van der Waals surface area contributed by atoms with Gasteiger partial charge in [0.2, 0.25) is 0 Å². The van der Waals surface area contributed by atoms with E-state index in [1.54, 1.807) is 13.2 Å². The lowest BCUT2D eigenvalue weighted by Gasteiger charge is -2.20. The second kappa shape index (κ2) is 14.2. The number of amides is 1. The van der Waals surface area contributed by atoms with Gasteiger partial charge in [0, 0.05) is 58.9 Å².